The summed E-state index contributed by atoms with van der Waals surface area (Å²) in [6.07, 6.45) is 0. The number of rotatable bonds is 5. The number of carbonyl (C=O) groups excluding carboxylic acids is 1. The van der Waals surface area contributed by atoms with E-state index in [0.717, 1.165) is 17.0 Å². The first-order valence-electron chi connectivity index (χ1n) is 7.34. The highest BCUT2D eigenvalue weighted by Gasteiger charge is 2.09. The molecule has 3 rings (SSSR count). The van der Waals surface area contributed by atoms with Crippen molar-refractivity contribution in [2.75, 3.05) is 10.6 Å². The van der Waals surface area contributed by atoms with Gasteiger partial charge in [-0.3, -0.25) is 5.32 Å². The lowest BCUT2D eigenvalue weighted by atomic mass is 10.2. The van der Waals surface area contributed by atoms with Crippen molar-refractivity contribution in [3.63, 3.8) is 0 Å². The molecule has 0 saturated carbocycles. The van der Waals surface area contributed by atoms with Crippen molar-refractivity contribution in [1.82, 2.24) is 10.2 Å². The molecule has 2 N–H and O–H groups in total. The highest BCUT2D eigenvalue weighted by molar-refractivity contribution is 7.15. The van der Waals surface area contributed by atoms with E-state index in [0.29, 0.717) is 16.7 Å². The number of para-hydroxylation sites is 1. The van der Waals surface area contributed by atoms with Crippen LogP contribution in [-0.2, 0) is 6.61 Å². The average molecular weight is 340 g/mol. The van der Waals surface area contributed by atoms with Gasteiger partial charge in [-0.05, 0) is 31.2 Å². The van der Waals surface area contributed by atoms with Crippen LogP contribution in [-0.4, -0.2) is 16.2 Å². The molecule has 7 heteroatoms. The monoisotopic (exact) mass is 340 g/mol. The number of hydrogen-bond acceptors (Lipinski definition) is 5. The van der Waals surface area contributed by atoms with E-state index in [9.17, 15) is 4.79 Å². The van der Waals surface area contributed by atoms with Gasteiger partial charge < -0.3 is 10.1 Å². The summed E-state index contributed by atoms with van der Waals surface area (Å²) in [5, 5.41) is 14.5. The summed E-state index contributed by atoms with van der Waals surface area (Å²) in [6.45, 7) is 2.30. The molecule has 0 bridgehead atoms. The van der Waals surface area contributed by atoms with Gasteiger partial charge in [0.2, 0.25) is 5.13 Å². The molecular formula is C17H16N4O2S. The third-order valence-corrected chi connectivity index (χ3v) is 3.91. The molecule has 24 heavy (non-hydrogen) atoms. The molecule has 2 amide bonds. The minimum absolute atomic E-state index is 0.308. The maximum atomic E-state index is 11.9. The number of benzene rings is 2. The summed E-state index contributed by atoms with van der Waals surface area (Å²) < 4.78 is 5.60. The van der Waals surface area contributed by atoms with Gasteiger partial charge in [-0.1, -0.05) is 47.2 Å². The van der Waals surface area contributed by atoms with E-state index < -0.39 is 0 Å². The van der Waals surface area contributed by atoms with Crippen LogP contribution in [0.15, 0.2) is 54.6 Å². The van der Waals surface area contributed by atoms with Gasteiger partial charge in [0.05, 0.1) is 0 Å². The maximum Gasteiger partial charge on any atom is 0.325 e. The van der Waals surface area contributed by atoms with Gasteiger partial charge in [0.1, 0.15) is 12.4 Å². The zero-order valence-electron chi connectivity index (χ0n) is 13.0. The second-order valence-electron chi connectivity index (χ2n) is 5.05. The third kappa shape index (κ3) is 4.53. The van der Waals surface area contributed by atoms with Crippen LogP contribution >= 0.6 is 11.3 Å². The van der Waals surface area contributed by atoms with E-state index in [1.807, 2.05) is 61.5 Å². The SMILES string of the molecule is Cc1ccc(NC(=O)Nc2nnc(COc3ccccc3)s2)cc1. The van der Waals surface area contributed by atoms with Gasteiger partial charge >= 0.3 is 6.03 Å². The standard InChI is InChI=1S/C17H16N4O2S/c1-12-7-9-13(10-8-12)18-16(22)19-17-21-20-15(24-17)11-23-14-5-3-2-4-6-14/h2-10H,11H2,1H3,(H2,18,19,21,22). The van der Waals surface area contributed by atoms with Gasteiger partial charge in [-0.15, -0.1) is 10.2 Å². The molecule has 2 aromatic carbocycles. The number of aryl methyl sites for hydroxylation is 1. The molecule has 0 aliphatic carbocycles. The highest BCUT2D eigenvalue weighted by atomic mass is 32.1. The van der Waals surface area contributed by atoms with Crippen LogP contribution in [0.1, 0.15) is 10.6 Å². The molecule has 0 saturated heterocycles. The number of urea groups is 1. The molecule has 122 valence electrons. The summed E-state index contributed by atoms with van der Waals surface area (Å²) in [5.41, 5.74) is 1.85. The molecule has 0 aliphatic heterocycles. The first-order chi connectivity index (χ1) is 11.7. The molecule has 3 aromatic rings. The molecule has 0 aliphatic rings. The lowest BCUT2D eigenvalue weighted by Crippen LogP contribution is -2.19. The van der Waals surface area contributed by atoms with Gasteiger partial charge in [0.15, 0.2) is 5.01 Å². The second-order valence-corrected chi connectivity index (χ2v) is 6.11. The number of nitrogens with one attached hydrogen (secondary N) is 2. The quantitative estimate of drug-likeness (QED) is 0.734. The lowest BCUT2D eigenvalue weighted by molar-refractivity contribution is 0.262. The number of hydrogen-bond donors (Lipinski definition) is 2. The number of ether oxygens (including phenoxy) is 1. The predicted molar refractivity (Wildman–Crippen MR) is 94.5 cm³/mol. The van der Waals surface area contributed by atoms with E-state index in [1.54, 1.807) is 0 Å². The molecule has 1 heterocycles. The van der Waals surface area contributed by atoms with Crippen molar-refractivity contribution >= 4 is 28.2 Å². The fourth-order valence-corrected chi connectivity index (χ4v) is 2.57. The van der Waals surface area contributed by atoms with Crippen LogP contribution < -0.4 is 15.4 Å². The minimum atomic E-state index is -0.356. The third-order valence-electron chi connectivity index (χ3n) is 3.10. The Balaban J connectivity index is 1.51. The van der Waals surface area contributed by atoms with E-state index >= 15 is 0 Å². The zero-order valence-corrected chi connectivity index (χ0v) is 13.8. The van der Waals surface area contributed by atoms with Gasteiger partial charge in [-0.2, -0.15) is 0 Å². The number of anilines is 2. The van der Waals surface area contributed by atoms with E-state index in [1.165, 1.54) is 11.3 Å². The molecule has 0 atom stereocenters. The van der Waals surface area contributed by atoms with Crippen LogP contribution in [0.25, 0.3) is 0 Å². The van der Waals surface area contributed by atoms with Crippen LogP contribution in [0.5, 0.6) is 5.75 Å². The average Bonchev–Trinajstić information content (AvgIpc) is 3.03. The first kappa shape index (κ1) is 15.9. The van der Waals surface area contributed by atoms with Crippen LogP contribution in [0, 0.1) is 6.92 Å². The van der Waals surface area contributed by atoms with Gasteiger partial charge in [-0.25, -0.2) is 4.79 Å². The predicted octanol–water partition coefficient (Wildman–Crippen LogP) is 4.07. The summed E-state index contributed by atoms with van der Waals surface area (Å²) in [4.78, 5) is 11.9. The maximum absolute atomic E-state index is 11.9. The second kappa shape index (κ2) is 7.56. The summed E-state index contributed by atoms with van der Waals surface area (Å²) in [6, 6.07) is 16.7. The summed E-state index contributed by atoms with van der Waals surface area (Å²) in [5.74, 6) is 0.763. The molecular weight excluding hydrogens is 324 g/mol. The molecule has 6 nitrogen and oxygen atoms in total. The Hall–Kier alpha value is -2.93. The molecule has 0 unspecified atom stereocenters. The highest BCUT2D eigenvalue weighted by Crippen LogP contribution is 2.18. The Morgan fingerprint density at radius 1 is 1.04 bits per heavy atom. The minimum Gasteiger partial charge on any atom is -0.486 e. The smallest absolute Gasteiger partial charge is 0.325 e. The molecule has 0 radical (unpaired) electrons. The van der Waals surface area contributed by atoms with Crippen molar-refractivity contribution in [2.24, 2.45) is 0 Å². The largest absolute Gasteiger partial charge is 0.486 e. The van der Waals surface area contributed by atoms with E-state index in [2.05, 4.69) is 20.8 Å². The van der Waals surface area contributed by atoms with Crippen LogP contribution in [0.3, 0.4) is 0 Å². The first-order valence-corrected chi connectivity index (χ1v) is 8.15. The van der Waals surface area contributed by atoms with Gasteiger partial charge in [0, 0.05) is 5.69 Å². The Morgan fingerprint density at radius 3 is 2.54 bits per heavy atom. The Kier molecular flexibility index (Phi) is 5.02. The normalized spacial score (nSPS) is 10.2. The fourth-order valence-electron chi connectivity index (χ4n) is 1.92. The van der Waals surface area contributed by atoms with Crippen molar-refractivity contribution < 1.29 is 9.53 Å². The Morgan fingerprint density at radius 2 is 1.79 bits per heavy atom. The summed E-state index contributed by atoms with van der Waals surface area (Å²) >= 11 is 1.27. The molecule has 0 spiro atoms. The van der Waals surface area contributed by atoms with Crippen molar-refractivity contribution in [1.29, 1.82) is 0 Å². The topological polar surface area (TPSA) is 76.1 Å². The van der Waals surface area contributed by atoms with Crippen molar-refractivity contribution in [2.45, 2.75) is 13.5 Å². The molecule has 0 fully saturated rings. The Labute approximate surface area is 143 Å². The van der Waals surface area contributed by atoms with E-state index in [-0.39, 0.29) is 6.03 Å². The Bertz CT molecular complexity index is 803. The van der Waals surface area contributed by atoms with Crippen LogP contribution in [0.4, 0.5) is 15.6 Å². The van der Waals surface area contributed by atoms with Crippen molar-refractivity contribution in [3.8, 4) is 5.75 Å². The number of aromatic nitrogens is 2. The number of carbonyl (C=O) groups is 1. The van der Waals surface area contributed by atoms with Crippen molar-refractivity contribution in [3.05, 3.63) is 65.2 Å². The number of nitrogens with zero attached hydrogens (tertiary/aromatic N) is 2. The molecule has 1 aromatic heterocycles. The fraction of sp³-hybridized carbons (Fsp3) is 0.118. The zero-order chi connectivity index (χ0) is 16.8. The number of amides is 2. The summed E-state index contributed by atoms with van der Waals surface area (Å²) in [7, 11) is 0. The van der Waals surface area contributed by atoms with Gasteiger partial charge in [0.25, 0.3) is 0 Å². The lowest BCUT2D eigenvalue weighted by Gasteiger charge is -2.05. The van der Waals surface area contributed by atoms with Crippen LogP contribution in [0.2, 0.25) is 0 Å². The van der Waals surface area contributed by atoms with E-state index in [4.69, 9.17) is 4.74 Å².